The molecule has 0 aliphatic heterocycles. The smallest absolute Gasteiger partial charge is 0.407 e. The predicted molar refractivity (Wildman–Crippen MR) is 45.2 cm³/mol. The maximum absolute atomic E-state index is 10.7. The second-order valence-electron chi connectivity index (χ2n) is 2.74. The first-order chi connectivity index (χ1) is 5.97. The summed E-state index contributed by atoms with van der Waals surface area (Å²) in [6.45, 7) is 1.66. The van der Waals surface area contributed by atoms with Crippen molar-refractivity contribution >= 4 is 12.1 Å². The first-order valence-corrected chi connectivity index (χ1v) is 3.80. The molecule has 0 heterocycles. The molecule has 0 aliphatic rings. The van der Waals surface area contributed by atoms with Crippen molar-refractivity contribution in [2.24, 2.45) is 5.73 Å². The molecule has 0 fully saturated rings. The zero-order valence-electron chi connectivity index (χ0n) is 7.61. The van der Waals surface area contributed by atoms with E-state index in [9.17, 15) is 9.59 Å². The van der Waals surface area contributed by atoms with Gasteiger partial charge in [-0.25, -0.2) is 9.59 Å². The molecular formula is C7H14N2O4. The van der Waals surface area contributed by atoms with Crippen LogP contribution in [0.1, 0.15) is 13.3 Å². The standard InChI is InChI=1S/C7H14N2O4/c1-4(8)3-5(6(10)11)9-7(12)13-2/h4-5H,3,8H2,1-2H3,(H,9,12)(H,10,11). The van der Waals surface area contributed by atoms with Gasteiger partial charge in [-0.3, -0.25) is 0 Å². The van der Waals surface area contributed by atoms with E-state index in [-0.39, 0.29) is 12.5 Å². The Bertz CT molecular complexity index is 193. The van der Waals surface area contributed by atoms with Crippen LogP contribution in [0.2, 0.25) is 0 Å². The minimum Gasteiger partial charge on any atom is -0.480 e. The average molecular weight is 190 g/mol. The van der Waals surface area contributed by atoms with E-state index in [1.54, 1.807) is 6.92 Å². The summed E-state index contributed by atoms with van der Waals surface area (Å²) in [5.41, 5.74) is 5.39. The van der Waals surface area contributed by atoms with Crippen molar-refractivity contribution in [2.75, 3.05) is 7.11 Å². The highest BCUT2D eigenvalue weighted by molar-refractivity contribution is 5.79. The number of carbonyl (C=O) groups excluding carboxylic acids is 1. The highest BCUT2D eigenvalue weighted by atomic mass is 16.5. The Morgan fingerprint density at radius 2 is 2.15 bits per heavy atom. The average Bonchev–Trinajstić information content (AvgIpc) is 2.02. The second kappa shape index (κ2) is 5.36. The highest BCUT2D eigenvalue weighted by Crippen LogP contribution is 1.96. The number of rotatable bonds is 4. The van der Waals surface area contributed by atoms with Crippen LogP contribution in [0.4, 0.5) is 4.79 Å². The van der Waals surface area contributed by atoms with Gasteiger partial charge < -0.3 is 20.9 Å². The summed E-state index contributed by atoms with van der Waals surface area (Å²) >= 11 is 0. The number of amides is 1. The van der Waals surface area contributed by atoms with E-state index in [2.05, 4.69) is 10.1 Å². The largest absolute Gasteiger partial charge is 0.480 e. The molecule has 0 rings (SSSR count). The quantitative estimate of drug-likeness (QED) is 0.556. The molecule has 0 radical (unpaired) electrons. The van der Waals surface area contributed by atoms with Gasteiger partial charge in [-0.05, 0) is 13.3 Å². The molecule has 13 heavy (non-hydrogen) atoms. The van der Waals surface area contributed by atoms with Gasteiger partial charge in [-0.1, -0.05) is 0 Å². The van der Waals surface area contributed by atoms with E-state index >= 15 is 0 Å². The number of carboxylic acid groups (broad SMARTS) is 1. The van der Waals surface area contributed by atoms with Gasteiger partial charge in [0.2, 0.25) is 0 Å². The van der Waals surface area contributed by atoms with Crippen molar-refractivity contribution < 1.29 is 19.4 Å². The zero-order valence-corrected chi connectivity index (χ0v) is 7.61. The van der Waals surface area contributed by atoms with Crippen molar-refractivity contribution in [3.8, 4) is 0 Å². The lowest BCUT2D eigenvalue weighted by molar-refractivity contribution is -0.139. The fourth-order valence-electron chi connectivity index (χ4n) is 0.794. The number of nitrogens with one attached hydrogen (secondary N) is 1. The Labute approximate surface area is 76.0 Å². The molecular weight excluding hydrogens is 176 g/mol. The number of carbonyl (C=O) groups is 2. The molecule has 0 saturated carbocycles. The van der Waals surface area contributed by atoms with E-state index in [4.69, 9.17) is 10.8 Å². The fourth-order valence-corrected chi connectivity index (χ4v) is 0.794. The van der Waals surface area contributed by atoms with Crippen LogP contribution in [0.15, 0.2) is 0 Å². The molecule has 6 heteroatoms. The lowest BCUT2D eigenvalue weighted by atomic mass is 10.1. The minimum atomic E-state index is -1.12. The highest BCUT2D eigenvalue weighted by Gasteiger charge is 2.21. The maximum atomic E-state index is 10.7. The Kier molecular flexibility index (Phi) is 4.83. The fraction of sp³-hybridized carbons (Fsp3) is 0.714. The third kappa shape index (κ3) is 5.02. The lowest BCUT2D eigenvalue weighted by Crippen LogP contribution is -2.43. The van der Waals surface area contributed by atoms with Crippen molar-refractivity contribution in [1.29, 1.82) is 0 Å². The van der Waals surface area contributed by atoms with Crippen LogP contribution in [-0.2, 0) is 9.53 Å². The van der Waals surface area contributed by atoms with E-state index in [0.29, 0.717) is 0 Å². The molecule has 76 valence electrons. The number of ether oxygens (including phenoxy) is 1. The second-order valence-corrected chi connectivity index (χ2v) is 2.74. The number of carboxylic acids is 1. The van der Waals surface area contributed by atoms with Gasteiger partial charge in [0.25, 0.3) is 0 Å². The number of hydrogen-bond acceptors (Lipinski definition) is 4. The van der Waals surface area contributed by atoms with E-state index < -0.39 is 18.1 Å². The van der Waals surface area contributed by atoms with Crippen LogP contribution in [0.25, 0.3) is 0 Å². The van der Waals surface area contributed by atoms with Gasteiger partial charge in [0.05, 0.1) is 7.11 Å². The zero-order chi connectivity index (χ0) is 10.4. The Morgan fingerprint density at radius 3 is 2.46 bits per heavy atom. The number of alkyl carbamates (subject to hydrolysis) is 1. The SMILES string of the molecule is COC(=O)NC(CC(C)N)C(=O)O. The van der Waals surface area contributed by atoms with E-state index in [1.807, 2.05) is 0 Å². The maximum Gasteiger partial charge on any atom is 0.407 e. The number of hydrogen-bond donors (Lipinski definition) is 3. The molecule has 0 aromatic rings. The summed E-state index contributed by atoms with van der Waals surface area (Å²) in [5, 5.41) is 10.8. The summed E-state index contributed by atoms with van der Waals surface area (Å²) in [5.74, 6) is -1.12. The van der Waals surface area contributed by atoms with Crippen LogP contribution in [-0.4, -0.2) is 36.4 Å². The normalized spacial score (nSPS) is 14.4. The Balaban J connectivity index is 4.10. The summed E-state index contributed by atoms with van der Waals surface area (Å²) in [6.07, 6.45) is -0.599. The molecule has 6 nitrogen and oxygen atoms in total. The summed E-state index contributed by atoms with van der Waals surface area (Å²) < 4.78 is 4.26. The molecule has 0 aromatic heterocycles. The van der Waals surface area contributed by atoms with Crippen LogP contribution in [0, 0.1) is 0 Å². The number of nitrogens with two attached hydrogens (primary N) is 1. The van der Waals surface area contributed by atoms with Gasteiger partial charge in [-0.15, -0.1) is 0 Å². The molecule has 0 spiro atoms. The van der Waals surface area contributed by atoms with Crippen molar-refractivity contribution in [3.05, 3.63) is 0 Å². The molecule has 0 bridgehead atoms. The van der Waals surface area contributed by atoms with E-state index in [0.717, 1.165) is 0 Å². The molecule has 0 aliphatic carbocycles. The van der Waals surface area contributed by atoms with Crippen LogP contribution < -0.4 is 11.1 Å². The lowest BCUT2D eigenvalue weighted by Gasteiger charge is -2.15. The third-order valence-electron chi connectivity index (χ3n) is 1.38. The van der Waals surface area contributed by atoms with E-state index in [1.165, 1.54) is 7.11 Å². The van der Waals surface area contributed by atoms with Gasteiger partial charge in [0.1, 0.15) is 6.04 Å². The molecule has 0 saturated heterocycles. The van der Waals surface area contributed by atoms with Gasteiger partial charge >= 0.3 is 12.1 Å². The first kappa shape index (κ1) is 11.7. The summed E-state index contributed by atoms with van der Waals surface area (Å²) in [4.78, 5) is 21.2. The first-order valence-electron chi connectivity index (χ1n) is 3.80. The molecule has 2 atom stereocenters. The number of aliphatic carboxylic acids is 1. The van der Waals surface area contributed by atoms with Gasteiger partial charge in [-0.2, -0.15) is 0 Å². The van der Waals surface area contributed by atoms with Crippen molar-refractivity contribution in [1.82, 2.24) is 5.32 Å². The number of methoxy groups -OCH3 is 1. The minimum absolute atomic E-state index is 0.171. The van der Waals surface area contributed by atoms with Crippen molar-refractivity contribution in [3.63, 3.8) is 0 Å². The molecule has 0 aromatic carbocycles. The predicted octanol–water partition coefficient (Wildman–Crippen LogP) is -0.467. The third-order valence-corrected chi connectivity index (χ3v) is 1.38. The summed E-state index contributed by atoms with van der Waals surface area (Å²) in [7, 11) is 1.17. The Morgan fingerprint density at radius 1 is 1.62 bits per heavy atom. The topological polar surface area (TPSA) is 102 Å². The van der Waals surface area contributed by atoms with Crippen LogP contribution in [0.5, 0.6) is 0 Å². The monoisotopic (exact) mass is 190 g/mol. The summed E-state index contributed by atoms with van der Waals surface area (Å²) in [6, 6.07) is -1.29. The van der Waals surface area contributed by atoms with Crippen molar-refractivity contribution in [2.45, 2.75) is 25.4 Å². The molecule has 1 amide bonds. The van der Waals surface area contributed by atoms with Gasteiger partial charge in [0, 0.05) is 6.04 Å². The van der Waals surface area contributed by atoms with Crippen LogP contribution >= 0.6 is 0 Å². The van der Waals surface area contributed by atoms with Crippen LogP contribution in [0.3, 0.4) is 0 Å². The molecule has 2 unspecified atom stereocenters. The van der Waals surface area contributed by atoms with Gasteiger partial charge in [0.15, 0.2) is 0 Å². The Hall–Kier alpha value is -1.30. The molecule has 4 N–H and O–H groups in total.